The maximum Gasteiger partial charge on any atom is 0.188 e. The van der Waals surface area contributed by atoms with E-state index in [4.69, 9.17) is 9.47 Å². The Morgan fingerprint density at radius 3 is 2.45 bits per heavy atom. The molecule has 0 atom stereocenters. The zero-order valence-corrected chi connectivity index (χ0v) is 12.7. The van der Waals surface area contributed by atoms with Crippen LogP contribution in [0.3, 0.4) is 0 Å². The molecule has 0 aliphatic carbocycles. The van der Waals surface area contributed by atoms with Gasteiger partial charge in [-0.1, -0.05) is 12.1 Å². The van der Waals surface area contributed by atoms with Gasteiger partial charge in [-0.3, -0.25) is 4.79 Å². The largest absolute Gasteiger partial charge is 0.497 e. The Labute approximate surface area is 129 Å². The second-order valence-electron chi connectivity index (χ2n) is 4.77. The van der Waals surface area contributed by atoms with Crippen LogP contribution < -0.4 is 9.47 Å². The van der Waals surface area contributed by atoms with Crippen molar-refractivity contribution >= 4 is 11.9 Å². The number of aryl methyl sites for hydroxylation is 1. The van der Waals surface area contributed by atoms with E-state index >= 15 is 0 Å². The number of carbonyl (C=O) groups excluding carboxylic acids is 1. The standard InChI is InChI=1S/C18H17FO3/c1-12-10-13(5-9-18(12)22-3)4-8-17(20)15-7-6-14(21-2)11-16(15)19/h4-11H,1-3H3/b8-4+. The first-order chi connectivity index (χ1) is 10.5. The highest BCUT2D eigenvalue weighted by Gasteiger charge is 2.10. The van der Waals surface area contributed by atoms with E-state index in [0.717, 1.165) is 16.9 Å². The molecule has 0 saturated carbocycles. The van der Waals surface area contributed by atoms with Gasteiger partial charge in [0.05, 0.1) is 19.8 Å². The molecule has 0 bridgehead atoms. The van der Waals surface area contributed by atoms with Gasteiger partial charge in [0.25, 0.3) is 0 Å². The van der Waals surface area contributed by atoms with E-state index in [2.05, 4.69) is 0 Å². The quantitative estimate of drug-likeness (QED) is 0.617. The molecular weight excluding hydrogens is 283 g/mol. The predicted octanol–water partition coefficient (Wildman–Crippen LogP) is 4.05. The van der Waals surface area contributed by atoms with Crippen LogP contribution in [0, 0.1) is 12.7 Å². The molecule has 0 spiro atoms. The number of methoxy groups -OCH3 is 2. The second kappa shape index (κ2) is 6.89. The molecule has 4 heteroatoms. The van der Waals surface area contributed by atoms with Crippen molar-refractivity contribution in [3.05, 3.63) is 65.0 Å². The minimum atomic E-state index is -0.597. The normalized spacial score (nSPS) is 10.7. The fraction of sp³-hybridized carbons (Fsp3) is 0.167. The van der Waals surface area contributed by atoms with E-state index in [1.165, 1.54) is 25.3 Å². The molecule has 2 rings (SSSR count). The van der Waals surface area contributed by atoms with Gasteiger partial charge < -0.3 is 9.47 Å². The molecule has 114 valence electrons. The fourth-order valence-corrected chi connectivity index (χ4v) is 2.09. The molecule has 0 N–H and O–H groups in total. The lowest BCUT2D eigenvalue weighted by Gasteiger charge is -2.05. The lowest BCUT2D eigenvalue weighted by Crippen LogP contribution is -1.99. The number of ether oxygens (including phenoxy) is 2. The Bertz CT molecular complexity index is 720. The van der Waals surface area contributed by atoms with E-state index in [0.29, 0.717) is 5.75 Å². The maximum absolute atomic E-state index is 13.8. The monoisotopic (exact) mass is 300 g/mol. The Morgan fingerprint density at radius 1 is 1.09 bits per heavy atom. The van der Waals surface area contributed by atoms with E-state index in [9.17, 15) is 9.18 Å². The number of hydrogen-bond donors (Lipinski definition) is 0. The predicted molar refractivity (Wildman–Crippen MR) is 84.0 cm³/mol. The molecule has 0 amide bonds. The number of benzene rings is 2. The summed E-state index contributed by atoms with van der Waals surface area (Å²) in [6.45, 7) is 1.92. The number of halogens is 1. The Morgan fingerprint density at radius 2 is 1.86 bits per heavy atom. The molecule has 0 radical (unpaired) electrons. The average Bonchev–Trinajstić information content (AvgIpc) is 2.52. The lowest BCUT2D eigenvalue weighted by atomic mass is 10.1. The summed E-state index contributed by atoms with van der Waals surface area (Å²) in [5, 5.41) is 0. The van der Waals surface area contributed by atoms with Gasteiger partial charge in [0, 0.05) is 6.07 Å². The summed E-state index contributed by atoms with van der Waals surface area (Å²) in [6.07, 6.45) is 3.00. The van der Waals surface area contributed by atoms with Crippen LogP contribution in [-0.2, 0) is 0 Å². The molecule has 0 aromatic heterocycles. The Balaban J connectivity index is 2.19. The van der Waals surface area contributed by atoms with Crippen molar-refractivity contribution in [1.29, 1.82) is 0 Å². The van der Waals surface area contributed by atoms with Crippen molar-refractivity contribution in [2.45, 2.75) is 6.92 Å². The highest BCUT2D eigenvalue weighted by Crippen LogP contribution is 2.20. The van der Waals surface area contributed by atoms with Gasteiger partial charge in [0.15, 0.2) is 5.78 Å². The molecule has 0 saturated heterocycles. The number of carbonyl (C=O) groups is 1. The van der Waals surface area contributed by atoms with Gasteiger partial charge >= 0.3 is 0 Å². The van der Waals surface area contributed by atoms with Gasteiger partial charge in [0.2, 0.25) is 0 Å². The van der Waals surface area contributed by atoms with Gasteiger partial charge in [-0.25, -0.2) is 4.39 Å². The molecule has 0 unspecified atom stereocenters. The van der Waals surface area contributed by atoms with Crippen LogP contribution >= 0.6 is 0 Å². The topological polar surface area (TPSA) is 35.5 Å². The first kappa shape index (κ1) is 15.8. The third-order valence-electron chi connectivity index (χ3n) is 3.29. The first-order valence-electron chi connectivity index (χ1n) is 6.75. The summed E-state index contributed by atoms with van der Waals surface area (Å²) in [4.78, 5) is 12.1. The van der Waals surface area contributed by atoms with Crippen molar-refractivity contribution in [1.82, 2.24) is 0 Å². The van der Waals surface area contributed by atoms with Crippen molar-refractivity contribution < 1.29 is 18.7 Å². The van der Waals surface area contributed by atoms with E-state index in [-0.39, 0.29) is 5.56 Å². The van der Waals surface area contributed by atoms with Crippen molar-refractivity contribution in [3.63, 3.8) is 0 Å². The molecule has 0 aliphatic heterocycles. The zero-order valence-electron chi connectivity index (χ0n) is 12.7. The highest BCUT2D eigenvalue weighted by molar-refractivity contribution is 6.07. The Kier molecular flexibility index (Phi) is 4.94. The first-order valence-corrected chi connectivity index (χ1v) is 6.75. The smallest absolute Gasteiger partial charge is 0.188 e. The summed E-state index contributed by atoms with van der Waals surface area (Å²) in [5.74, 6) is 0.169. The summed E-state index contributed by atoms with van der Waals surface area (Å²) in [6, 6.07) is 9.72. The van der Waals surface area contributed by atoms with E-state index < -0.39 is 11.6 Å². The molecule has 3 nitrogen and oxygen atoms in total. The number of rotatable bonds is 5. The second-order valence-corrected chi connectivity index (χ2v) is 4.77. The average molecular weight is 300 g/mol. The molecule has 22 heavy (non-hydrogen) atoms. The zero-order chi connectivity index (χ0) is 16.1. The number of allylic oxidation sites excluding steroid dienone is 1. The van der Waals surface area contributed by atoms with Gasteiger partial charge in [-0.15, -0.1) is 0 Å². The molecule has 2 aromatic rings. The van der Waals surface area contributed by atoms with Crippen LogP contribution in [0.25, 0.3) is 6.08 Å². The van der Waals surface area contributed by atoms with Crippen LogP contribution in [0.2, 0.25) is 0 Å². The van der Waals surface area contributed by atoms with Crippen molar-refractivity contribution in [2.75, 3.05) is 14.2 Å². The highest BCUT2D eigenvalue weighted by atomic mass is 19.1. The van der Waals surface area contributed by atoms with Crippen molar-refractivity contribution in [2.24, 2.45) is 0 Å². The van der Waals surface area contributed by atoms with Crippen LogP contribution in [0.15, 0.2) is 42.5 Å². The minimum absolute atomic E-state index is 0.0160. The van der Waals surface area contributed by atoms with Gasteiger partial charge in [-0.2, -0.15) is 0 Å². The summed E-state index contributed by atoms with van der Waals surface area (Å²) >= 11 is 0. The van der Waals surface area contributed by atoms with E-state index in [1.54, 1.807) is 19.3 Å². The van der Waals surface area contributed by atoms with Crippen LogP contribution in [-0.4, -0.2) is 20.0 Å². The van der Waals surface area contributed by atoms with Crippen molar-refractivity contribution in [3.8, 4) is 11.5 Å². The van der Waals surface area contributed by atoms with Crippen LogP contribution in [0.5, 0.6) is 11.5 Å². The maximum atomic E-state index is 13.8. The van der Waals surface area contributed by atoms with Gasteiger partial charge in [-0.05, 0) is 48.4 Å². The number of ketones is 1. The molecule has 0 aliphatic rings. The summed E-state index contributed by atoms with van der Waals surface area (Å²) in [7, 11) is 3.05. The Hall–Kier alpha value is -2.62. The molecule has 0 heterocycles. The third-order valence-corrected chi connectivity index (χ3v) is 3.29. The summed E-state index contributed by atoms with van der Waals surface area (Å²) < 4.78 is 23.9. The molecular formula is C18H17FO3. The van der Waals surface area contributed by atoms with Crippen LogP contribution in [0.1, 0.15) is 21.5 Å². The lowest BCUT2D eigenvalue weighted by molar-refractivity contribution is 0.104. The number of hydrogen-bond acceptors (Lipinski definition) is 3. The van der Waals surface area contributed by atoms with Gasteiger partial charge in [0.1, 0.15) is 17.3 Å². The summed E-state index contributed by atoms with van der Waals surface area (Å²) in [5.41, 5.74) is 1.83. The molecule has 2 aromatic carbocycles. The van der Waals surface area contributed by atoms with Crippen LogP contribution in [0.4, 0.5) is 4.39 Å². The van der Waals surface area contributed by atoms with E-state index in [1.807, 2.05) is 25.1 Å². The SMILES string of the molecule is COc1ccc(C(=O)/C=C/c2ccc(OC)c(C)c2)c(F)c1. The minimum Gasteiger partial charge on any atom is -0.497 e. The third kappa shape index (κ3) is 3.52. The molecule has 0 fully saturated rings. The fourth-order valence-electron chi connectivity index (χ4n) is 2.09.